The molecular weight excluding hydrogens is 470 g/mol. The van der Waals surface area contributed by atoms with Crippen molar-refractivity contribution in [2.45, 2.75) is 33.1 Å². The van der Waals surface area contributed by atoms with Gasteiger partial charge in [0, 0.05) is 24.1 Å². The van der Waals surface area contributed by atoms with Gasteiger partial charge in [-0.2, -0.15) is 9.46 Å². The molecule has 33 heavy (non-hydrogen) atoms. The molecule has 0 radical (unpaired) electrons. The summed E-state index contributed by atoms with van der Waals surface area (Å²) in [6, 6.07) is 2.73. The third-order valence-corrected chi connectivity index (χ3v) is 8.00. The van der Waals surface area contributed by atoms with Crippen molar-refractivity contribution in [1.82, 2.24) is 9.78 Å². The van der Waals surface area contributed by atoms with E-state index in [1.54, 1.807) is 13.8 Å². The molecule has 9 nitrogen and oxygen atoms in total. The van der Waals surface area contributed by atoms with Gasteiger partial charge in [-0.3, -0.25) is 9.59 Å². The number of methoxy groups -OCH3 is 1. The molecule has 0 saturated carbocycles. The lowest BCUT2D eigenvalue weighted by Gasteiger charge is -2.17. The van der Waals surface area contributed by atoms with Crippen LogP contribution in [0.2, 0.25) is 5.02 Å². The number of ether oxygens (including phenoxy) is 2. The lowest BCUT2D eigenvalue weighted by Crippen LogP contribution is -2.18. The fourth-order valence-corrected chi connectivity index (χ4v) is 5.92. The van der Waals surface area contributed by atoms with Crippen LogP contribution in [0.15, 0.2) is 22.7 Å². The van der Waals surface area contributed by atoms with E-state index >= 15 is 0 Å². The Hall–Kier alpha value is -2.72. The van der Waals surface area contributed by atoms with Crippen molar-refractivity contribution >= 4 is 44.7 Å². The number of carbonyl (C=O) groups excluding carboxylic acids is 3. The third-order valence-electron chi connectivity index (χ3n) is 5.25. The molecule has 0 atom stereocenters. The summed E-state index contributed by atoms with van der Waals surface area (Å²) in [6.07, 6.45) is 3.74. The first kappa shape index (κ1) is 24.9. The zero-order valence-electron chi connectivity index (χ0n) is 18.9. The molecule has 178 valence electrons. The average molecular weight is 496 g/mol. The largest absolute Gasteiger partial charge is 0.465 e. The molecule has 1 fully saturated rings. The highest BCUT2D eigenvalue weighted by molar-refractivity contribution is 7.93. The van der Waals surface area contributed by atoms with Gasteiger partial charge in [0.1, 0.15) is 11.3 Å². The van der Waals surface area contributed by atoms with Gasteiger partial charge in [0.15, 0.2) is 0 Å². The number of hydrogen-bond acceptors (Lipinski definition) is 8. The van der Waals surface area contributed by atoms with E-state index in [9.17, 15) is 18.6 Å². The number of nitrogens with zero attached hydrogens (tertiary/aromatic N) is 3. The van der Waals surface area contributed by atoms with Crippen LogP contribution in [0.25, 0.3) is 0 Å². The molecule has 0 amide bonds. The first-order chi connectivity index (χ1) is 15.6. The second kappa shape index (κ2) is 10.0. The van der Waals surface area contributed by atoms with Gasteiger partial charge < -0.3 is 9.47 Å². The first-order valence-corrected chi connectivity index (χ1v) is 12.7. The molecule has 0 unspecified atom stereocenters. The van der Waals surface area contributed by atoms with Crippen molar-refractivity contribution in [3.05, 3.63) is 40.0 Å². The number of rotatable bonds is 6. The van der Waals surface area contributed by atoms with E-state index in [0.717, 1.165) is 19.3 Å². The number of carbonyl (C=O) groups is 3. The maximum Gasteiger partial charge on any atom is 0.340 e. The van der Waals surface area contributed by atoms with Crippen LogP contribution in [0.5, 0.6) is 5.88 Å². The molecule has 0 N–H and O–H groups in total. The number of aromatic nitrogens is 2. The zero-order valence-corrected chi connectivity index (χ0v) is 20.5. The van der Waals surface area contributed by atoms with E-state index in [-0.39, 0.29) is 33.3 Å². The predicted molar refractivity (Wildman–Crippen MR) is 124 cm³/mol. The van der Waals surface area contributed by atoms with Crippen LogP contribution in [0.1, 0.15) is 59.4 Å². The summed E-state index contributed by atoms with van der Waals surface area (Å²) in [5.74, 6) is -1.47. The maximum absolute atomic E-state index is 13.4. The highest BCUT2D eigenvalue weighted by Gasteiger charge is 2.28. The van der Waals surface area contributed by atoms with Gasteiger partial charge in [0.05, 0.1) is 39.5 Å². The van der Waals surface area contributed by atoms with Crippen LogP contribution in [0.4, 0.5) is 5.69 Å². The van der Waals surface area contributed by atoms with E-state index in [4.69, 9.17) is 21.1 Å². The summed E-state index contributed by atoms with van der Waals surface area (Å²) in [7, 11) is 0.120. The molecule has 0 spiro atoms. The summed E-state index contributed by atoms with van der Waals surface area (Å²) in [5, 5.41) is 3.90. The number of esters is 2. The fourth-order valence-electron chi connectivity index (χ4n) is 3.36. The minimum atomic E-state index is -2.63. The van der Waals surface area contributed by atoms with Crippen LogP contribution < -0.4 is 4.74 Å². The third kappa shape index (κ3) is 5.27. The minimum Gasteiger partial charge on any atom is -0.465 e. The van der Waals surface area contributed by atoms with E-state index in [0.29, 0.717) is 11.5 Å². The fraction of sp³-hybridized carbons (Fsp3) is 0.455. The highest BCUT2D eigenvalue weighted by Crippen LogP contribution is 2.37. The van der Waals surface area contributed by atoms with Crippen molar-refractivity contribution in [2.75, 3.05) is 18.6 Å². The Balaban J connectivity index is 2.13. The van der Waals surface area contributed by atoms with Crippen LogP contribution in [0, 0.1) is 5.92 Å². The second-order valence-electron chi connectivity index (χ2n) is 8.04. The smallest absolute Gasteiger partial charge is 0.340 e. The van der Waals surface area contributed by atoms with Crippen molar-refractivity contribution in [3.63, 3.8) is 0 Å². The number of halogens is 1. The van der Waals surface area contributed by atoms with Crippen LogP contribution in [-0.2, 0) is 26.3 Å². The van der Waals surface area contributed by atoms with Gasteiger partial charge in [0.25, 0.3) is 0 Å². The number of benzene rings is 1. The summed E-state index contributed by atoms with van der Waals surface area (Å²) in [6.45, 7) is 3.34. The van der Waals surface area contributed by atoms with Gasteiger partial charge in [-0.15, -0.1) is 0 Å². The Bertz CT molecular complexity index is 1210. The van der Waals surface area contributed by atoms with E-state index in [2.05, 4.69) is 9.46 Å². The second-order valence-corrected chi connectivity index (χ2v) is 11.0. The Kier molecular flexibility index (Phi) is 7.58. The van der Waals surface area contributed by atoms with Gasteiger partial charge in [-0.05, 0) is 25.0 Å². The maximum atomic E-state index is 13.4. The van der Waals surface area contributed by atoms with Crippen molar-refractivity contribution < 1.29 is 28.1 Å². The van der Waals surface area contributed by atoms with Gasteiger partial charge >= 0.3 is 11.9 Å². The van der Waals surface area contributed by atoms with Crippen LogP contribution in [-0.4, -0.2) is 50.3 Å². The molecule has 1 saturated heterocycles. The quantitative estimate of drug-likeness (QED) is 0.440. The molecule has 1 aliphatic rings. The Morgan fingerprint density at radius 2 is 1.76 bits per heavy atom. The van der Waals surface area contributed by atoms with Gasteiger partial charge in [-0.1, -0.05) is 31.9 Å². The SMILES string of the molecule is COC(=O)c1ccc(C(=O)c2cnn(C)c2OC(=O)C(C)C)c(Cl)c1N=S1(=O)CCCCC1. The van der Waals surface area contributed by atoms with E-state index < -0.39 is 33.4 Å². The number of aryl methyl sites for hydroxylation is 1. The van der Waals surface area contributed by atoms with Crippen LogP contribution >= 0.6 is 11.6 Å². The molecule has 3 rings (SSSR count). The lowest BCUT2D eigenvalue weighted by molar-refractivity contribution is -0.138. The monoisotopic (exact) mass is 495 g/mol. The first-order valence-electron chi connectivity index (χ1n) is 10.5. The normalized spacial score (nSPS) is 15.2. The summed E-state index contributed by atoms with van der Waals surface area (Å²) < 4.78 is 29.1. The van der Waals surface area contributed by atoms with Gasteiger partial charge in [0.2, 0.25) is 11.7 Å². The minimum absolute atomic E-state index is 0.0109. The molecule has 2 heterocycles. The van der Waals surface area contributed by atoms with Crippen molar-refractivity contribution in [2.24, 2.45) is 17.3 Å². The van der Waals surface area contributed by atoms with E-state index in [1.165, 1.54) is 37.2 Å². The molecule has 2 aromatic rings. The number of hydrogen-bond donors (Lipinski definition) is 0. The van der Waals surface area contributed by atoms with Gasteiger partial charge in [-0.25, -0.2) is 13.7 Å². The zero-order chi connectivity index (χ0) is 24.3. The summed E-state index contributed by atoms with van der Waals surface area (Å²) in [4.78, 5) is 37.8. The van der Waals surface area contributed by atoms with Crippen molar-refractivity contribution in [1.29, 1.82) is 0 Å². The molecule has 11 heteroatoms. The molecular formula is C22H26ClN3O6S. The van der Waals surface area contributed by atoms with Crippen molar-refractivity contribution in [3.8, 4) is 5.88 Å². The Morgan fingerprint density at radius 1 is 1.12 bits per heavy atom. The lowest BCUT2D eigenvalue weighted by atomic mass is 10.0. The van der Waals surface area contributed by atoms with E-state index in [1.807, 2.05) is 0 Å². The topological polar surface area (TPSA) is 117 Å². The summed E-state index contributed by atoms with van der Waals surface area (Å²) >= 11 is 6.57. The Labute approximate surface area is 197 Å². The standard InChI is InChI=1S/C22H26ClN3O6S/c1-13(2)21(28)32-20-16(12-24-26(20)3)19(27)14-8-9-15(22(29)31-4)18(17(14)23)25-33(30)10-6-5-7-11-33/h8-9,12-13H,5-7,10-11H2,1-4H3. The summed E-state index contributed by atoms with van der Waals surface area (Å²) in [5.41, 5.74) is 0.0135. The predicted octanol–water partition coefficient (Wildman–Crippen LogP) is 3.94. The number of ketones is 1. The highest BCUT2D eigenvalue weighted by atomic mass is 35.5. The molecule has 1 aromatic carbocycles. The average Bonchev–Trinajstić information content (AvgIpc) is 3.14. The molecule has 0 bridgehead atoms. The molecule has 1 aromatic heterocycles. The molecule has 1 aliphatic heterocycles. The Morgan fingerprint density at radius 3 is 2.36 bits per heavy atom. The molecule has 0 aliphatic carbocycles. The van der Waals surface area contributed by atoms with Crippen LogP contribution in [0.3, 0.4) is 0 Å².